The zero-order valence-corrected chi connectivity index (χ0v) is 13.9. The summed E-state index contributed by atoms with van der Waals surface area (Å²) in [4.78, 5) is 19.9. The van der Waals surface area contributed by atoms with Crippen molar-refractivity contribution in [2.75, 3.05) is 5.73 Å². The summed E-state index contributed by atoms with van der Waals surface area (Å²) in [5, 5.41) is 26.8. The van der Waals surface area contributed by atoms with Crippen molar-refractivity contribution in [1.82, 2.24) is 19.9 Å². The molecule has 0 radical (unpaired) electrons. The van der Waals surface area contributed by atoms with Crippen molar-refractivity contribution in [2.24, 2.45) is 4.99 Å². The van der Waals surface area contributed by atoms with Gasteiger partial charge in [0.15, 0.2) is 5.69 Å². The average molecular weight is 359 g/mol. The molecule has 1 aliphatic heterocycles. The fraction of sp³-hybridized carbons (Fsp3) is 0.0556. The quantitative estimate of drug-likeness (QED) is 0.641. The van der Waals surface area contributed by atoms with Crippen molar-refractivity contribution in [3.05, 3.63) is 58.5 Å². The number of anilines is 1. The van der Waals surface area contributed by atoms with E-state index in [1.54, 1.807) is 24.4 Å². The van der Waals surface area contributed by atoms with Crippen LogP contribution in [0.2, 0.25) is 0 Å². The minimum atomic E-state index is -1.16. The zero-order chi connectivity index (χ0) is 19.0. The molecule has 0 amide bonds. The van der Waals surface area contributed by atoms with E-state index in [1.807, 2.05) is 6.08 Å². The molecule has 3 heterocycles. The van der Waals surface area contributed by atoms with Crippen LogP contribution in [0.15, 0.2) is 47.1 Å². The second kappa shape index (κ2) is 6.27. The van der Waals surface area contributed by atoms with E-state index in [-0.39, 0.29) is 11.5 Å². The van der Waals surface area contributed by atoms with Crippen LogP contribution in [0.25, 0.3) is 16.8 Å². The summed E-state index contributed by atoms with van der Waals surface area (Å²) in [6.45, 7) is 0. The first-order valence-corrected chi connectivity index (χ1v) is 7.97. The number of aromatic carboxylic acids is 1. The second-order valence-electron chi connectivity index (χ2n) is 5.82. The van der Waals surface area contributed by atoms with Gasteiger partial charge in [0.1, 0.15) is 16.7 Å². The first kappa shape index (κ1) is 16.3. The van der Waals surface area contributed by atoms with Crippen LogP contribution in [0.4, 0.5) is 5.82 Å². The Morgan fingerprint density at radius 3 is 2.96 bits per heavy atom. The van der Waals surface area contributed by atoms with Crippen molar-refractivity contribution < 1.29 is 9.90 Å². The molecule has 1 aliphatic carbocycles. The number of nitrogens with two attached hydrogens (primary N) is 1. The molecule has 4 N–H and O–H groups in total. The first-order valence-electron chi connectivity index (χ1n) is 7.97. The molecule has 0 saturated heterocycles. The van der Waals surface area contributed by atoms with Crippen molar-refractivity contribution in [3.8, 4) is 6.07 Å². The molecule has 0 atom stereocenters. The number of hydrogen-bond donors (Lipinski definition) is 3. The zero-order valence-electron chi connectivity index (χ0n) is 13.9. The number of carboxylic acids is 1. The Hall–Kier alpha value is -4.19. The Kier molecular flexibility index (Phi) is 3.78. The molecule has 27 heavy (non-hydrogen) atoms. The van der Waals surface area contributed by atoms with Crippen LogP contribution >= 0.6 is 0 Å². The number of rotatable bonds is 1. The van der Waals surface area contributed by atoms with Crippen molar-refractivity contribution in [3.63, 3.8) is 0 Å². The maximum absolute atomic E-state index is 11.4. The number of allylic oxidation sites excluding steroid dienone is 4. The Labute approximate surface area is 152 Å². The molecule has 2 aliphatic rings. The van der Waals surface area contributed by atoms with Gasteiger partial charge in [0, 0.05) is 12.3 Å². The number of carbonyl (C=O) groups is 1. The second-order valence-corrected chi connectivity index (χ2v) is 5.82. The Balaban J connectivity index is 2.21. The summed E-state index contributed by atoms with van der Waals surface area (Å²) in [7, 11) is 0. The molecular weight excluding hydrogens is 346 g/mol. The lowest BCUT2D eigenvalue weighted by Crippen LogP contribution is -2.42. The first-order chi connectivity index (χ1) is 13.1. The molecule has 9 heteroatoms. The van der Waals surface area contributed by atoms with Crippen LogP contribution in [0.5, 0.6) is 0 Å². The lowest BCUT2D eigenvalue weighted by molar-refractivity contribution is 0.0690. The van der Waals surface area contributed by atoms with E-state index in [1.165, 1.54) is 16.9 Å². The maximum atomic E-state index is 11.4. The highest BCUT2D eigenvalue weighted by Crippen LogP contribution is 2.15. The number of nitrogen functional groups attached to an aromatic ring is 1. The normalized spacial score (nSPS) is 19.6. The number of nitrogens with zero attached hydrogens (tertiary/aromatic N) is 5. The fourth-order valence-electron chi connectivity index (χ4n) is 2.94. The molecule has 0 saturated carbocycles. The largest absolute Gasteiger partial charge is 0.476 e. The highest BCUT2D eigenvalue weighted by atomic mass is 16.4. The van der Waals surface area contributed by atoms with Gasteiger partial charge in [-0.05, 0) is 30.2 Å². The van der Waals surface area contributed by atoms with Gasteiger partial charge >= 0.3 is 5.97 Å². The maximum Gasteiger partial charge on any atom is 0.356 e. The predicted molar refractivity (Wildman–Crippen MR) is 98.6 cm³/mol. The summed E-state index contributed by atoms with van der Waals surface area (Å²) >= 11 is 0. The van der Waals surface area contributed by atoms with E-state index in [4.69, 9.17) is 5.73 Å². The van der Waals surface area contributed by atoms with Crippen molar-refractivity contribution >= 4 is 34.9 Å². The van der Waals surface area contributed by atoms with Crippen LogP contribution in [0.3, 0.4) is 0 Å². The molecule has 0 bridgehead atoms. The van der Waals surface area contributed by atoms with Crippen LogP contribution in [-0.4, -0.2) is 32.0 Å². The van der Waals surface area contributed by atoms with E-state index < -0.39 is 5.97 Å². The molecule has 0 spiro atoms. The molecule has 2 aromatic heterocycles. The van der Waals surface area contributed by atoms with Crippen LogP contribution in [0, 0.1) is 11.3 Å². The van der Waals surface area contributed by atoms with Gasteiger partial charge in [0.2, 0.25) is 0 Å². The Morgan fingerprint density at radius 1 is 1.41 bits per heavy atom. The molecule has 0 aromatic carbocycles. The van der Waals surface area contributed by atoms with Gasteiger partial charge in [-0.2, -0.15) is 10.4 Å². The summed E-state index contributed by atoms with van der Waals surface area (Å²) in [6.07, 6.45) is 10.7. The summed E-state index contributed by atoms with van der Waals surface area (Å²) in [5.41, 5.74) is 8.23. The molecule has 9 nitrogen and oxygen atoms in total. The monoisotopic (exact) mass is 359 g/mol. The third kappa shape index (κ3) is 2.75. The molecule has 0 fully saturated rings. The lowest BCUT2D eigenvalue weighted by Gasteiger charge is -2.10. The fourth-order valence-corrected chi connectivity index (χ4v) is 2.94. The van der Waals surface area contributed by atoms with Gasteiger partial charge in [-0.15, -0.1) is 0 Å². The molecular formula is C18H13N7O2. The molecule has 4 rings (SSSR count). The van der Waals surface area contributed by atoms with Crippen LogP contribution < -0.4 is 21.7 Å². The van der Waals surface area contributed by atoms with E-state index in [9.17, 15) is 15.2 Å². The van der Waals surface area contributed by atoms with E-state index in [0.717, 1.165) is 5.57 Å². The van der Waals surface area contributed by atoms with Gasteiger partial charge in [-0.25, -0.2) is 19.3 Å². The van der Waals surface area contributed by atoms with Crippen molar-refractivity contribution in [1.29, 1.82) is 5.26 Å². The summed E-state index contributed by atoms with van der Waals surface area (Å²) in [5.74, 6) is -1.01. The third-order valence-corrected chi connectivity index (χ3v) is 4.13. The number of carboxylic acid groups (broad SMARTS) is 1. The minimum Gasteiger partial charge on any atom is -0.476 e. The predicted octanol–water partition coefficient (Wildman–Crippen LogP) is -0.176. The van der Waals surface area contributed by atoms with Gasteiger partial charge in [-0.1, -0.05) is 6.08 Å². The molecule has 2 aromatic rings. The minimum absolute atomic E-state index is 0.141. The topological polar surface area (TPSA) is 142 Å². The SMILES string of the molecule is N#CC1=CC(=c2nc(N)c3cc(C(=O)O)nn3c2=C2C=CN=CN2)CC=C1. The van der Waals surface area contributed by atoms with E-state index in [0.29, 0.717) is 33.9 Å². The molecule has 132 valence electrons. The standard InChI is InChI=1S/C18H13N7O2/c19-8-10-2-1-3-11(6-10)15-16(12-4-5-21-9-22-12)25-14(17(20)23-15)7-13(24-25)18(26)27/h1-2,4-7,9H,3H2,(H2,20,23)(H,21,22)(H,26,27). The smallest absolute Gasteiger partial charge is 0.356 e. The van der Waals surface area contributed by atoms with Gasteiger partial charge in [-0.3, -0.25) is 0 Å². The number of nitriles is 1. The Bertz CT molecular complexity index is 1270. The summed E-state index contributed by atoms with van der Waals surface area (Å²) < 4.78 is 1.46. The number of aliphatic imine (C=N–C) groups is 1. The van der Waals surface area contributed by atoms with Crippen LogP contribution in [0.1, 0.15) is 16.9 Å². The Morgan fingerprint density at radius 2 is 2.26 bits per heavy atom. The third-order valence-electron chi connectivity index (χ3n) is 4.13. The van der Waals surface area contributed by atoms with E-state index in [2.05, 4.69) is 26.5 Å². The number of hydrogen-bond acceptors (Lipinski definition) is 7. The van der Waals surface area contributed by atoms with E-state index >= 15 is 0 Å². The average Bonchev–Trinajstić information content (AvgIpc) is 3.15. The highest BCUT2D eigenvalue weighted by molar-refractivity contribution is 5.88. The number of fused-ring (bicyclic) bond motifs is 1. The number of aromatic nitrogens is 3. The highest BCUT2D eigenvalue weighted by Gasteiger charge is 2.16. The number of nitrogens with one attached hydrogen (secondary N) is 1. The molecule has 0 unspecified atom stereocenters. The van der Waals surface area contributed by atoms with Crippen molar-refractivity contribution in [2.45, 2.75) is 6.42 Å². The van der Waals surface area contributed by atoms with Gasteiger partial charge in [0.25, 0.3) is 0 Å². The lowest BCUT2D eigenvalue weighted by atomic mass is 10.0. The summed E-state index contributed by atoms with van der Waals surface area (Å²) in [6, 6.07) is 3.49. The van der Waals surface area contributed by atoms with Gasteiger partial charge < -0.3 is 16.2 Å². The van der Waals surface area contributed by atoms with Crippen LogP contribution in [-0.2, 0) is 0 Å². The van der Waals surface area contributed by atoms with Gasteiger partial charge in [0.05, 0.1) is 29.0 Å².